The smallest absolute Gasteiger partial charge is 0.417 e. The van der Waals surface area contributed by atoms with Crippen molar-refractivity contribution >= 4 is 23.8 Å². The van der Waals surface area contributed by atoms with Crippen molar-refractivity contribution < 1.29 is 32.6 Å². The average molecular weight is 488 g/mol. The van der Waals surface area contributed by atoms with E-state index in [2.05, 4.69) is 15.0 Å². The number of nitrogens with one attached hydrogen (secondary N) is 1. The Kier molecular flexibility index (Phi) is 6.73. The van der Waals surface area contributed by atoms with Crippen LogP contribution in [0.1, 0.15) is 49.3 Å². The maximum Gasteiger partial charge on any atom is 0.417 e. The van der Waals surface area contributed by atoms with E-state index in [0.717, 1.165) is 5.56 Å². The molecule has 35 heavy (non-hydrogen) atoms. The molecule has 1 saturated carbocycles. The summed E-state index contributed by atoms with van der Waals surface area (Å²) >= 11 is 0. The first-order valence-electron chi connectivity index (χ1n) is 11.4. The molecule has 2 heterocycles. The third-order valence-electron chi connectivity index (χ3n) is 6.25. The van der Waals surface area contributed by atoms with Crippen LogP contribution >= 0.6 is 0 Å². The SMILES string of the molecule is Cc1cnc(NC(=O)C2(c3ccccc3C(C)C)CN(C(=O)OC(=O)C3CC3)C2)c(OC(F)F)c1. The molecule has 8 nitrogen and oxygen atoms in total. The molecule has 0 atom stereocenters. The fourth-order valence-corrected chi connectivity index (χ4v) is 4.21. The molecule has 1 aromatic carbocycles. The summed E-state index contributed by atoms with van der Waals surface area (Å²) < 4.78 is 35.4. The molecule has 2 aromatic rings. The number of likely N-dealkylation sites (tertiary alicyclic amines) is 1. The molecular weight excluding hydrogens is 460 g/mol. The van der Waals surface area contributed by atoms with Gasteiger partial charge in [-0.05, 0) is 48.4 Å². The lowest BCUT2D eigenvalue weighted by Crippen LogP contribution is -2.66. The number of carbonyl (C=O) groups excluding carboxylic acids is 3. The highest BCUT2D eigenvalue weighted by molar-refractivity contribution is 6.02. The van der Waals surface area contributed by atoms with E-state index in [0.29, 0.717) is 24.0 Å². The standard InChI is InChI=1S/C25H27F2N3O5/c1-14(2)17-6-4-5-7-18(17)25(12-30(13-25)24(33)35-21(31)16-8-9-16)22(32)29-20-19(34-23(26)27)10-15(3)11-28-20/h4-7,10-11,14,16,23H,8-9,12-13H2,1-3H3,(H,28,29,32). The second kappa shape index (κ2) is 9.59. The average Bonchev–Trinajstić information content (AvgIpc) is 3.60. The Labute approximate surface area is 201 Å². The van der Waals surface area contributed by atoms with Crippen molar-refractivity contribution in [1.82, 2.24) is 9.88 Å². The maximum atomic E-state index is 13.7. The number of aryl methyl sites for hydroxylation is 1. The molecule has 1 aliphatic heterocycles. The van der Waals surface area contributed by atoms with Crippen LogP contribution < -0.4 is 10.1 Å². The summed E-state index contributed by atoms with van der Waals surface area (Å²) in [5.74, 6) is -1.66. The number of pyridine rings is 1. The highest BCUT2D eigenvalue weighted by Crippen LogP contribution is 2.41. The quantitative estimate of drug-likeness (QED) is 0.460. The predicted molar refractivity (Wildman–Crippen MR) is 122 cm³/mol. The first kappa shape index (κ1) is 24.6. The molecule has 2 fully saturated rings. The third-order valence-corrected chi connectivity index (χ3v) is 6.25. The lowest BCUT2D eigenvalue weighted by Gasteiger charge is -2.49. The van der Waals surface area contributed by atoms with Crippen LogP contribution in [0.4, 0.5) is 19.4 Å². The van der Waals surface area contributed by atoms with Gasteiger partial charge < -0.3 is 19.7 Å². The van der Waals surface area contributed by atoms with E-state index in [4.69, 9.17) is 4.74 Å². The Morgan fingerprint density at radius 1 is 1.17 bits per heavy atom. The summed E-state index contributed by atoms with van der Waals surface area (Å²) in [5, 5.41) is 2.62. The fraction of sp³-hybridized carbons (Fsp3) is 0.440. The molecule has 1 aromatic heterocycles. The maximum absolute atomic E-state index is 13.7. The molecule has 1 aliphatic carbocycles. The van der Waals surface area contributed by atoms with Crippen molar-refractivity contribution in [2.24, 2.45) is 5.92 Å². The van der Waals surface area contributed by atoms with Crippen molar-refractivity contribution in [3.8, 4) is 5.75 Å². The Morgan fingerprint density at radius 3 is 2.49 bits per heavy atom. The number of anilines is 1. The monoisotopic (exact) mass is 487 g/mol. The number of rotatable bonds is 7. The van der Waals surface area contributed by atoms with Gasteiger partial charge in [-0.1, -0.05) is 38.1 Å². The van der Waals surface area contributed by atoms with E-state index in [9.17, 15) is 23.2 Å². The van der Waals surface area contributed by atoms with Crippen molar-refractivity contribution in [1.29, 1.82) is 0 Å². The van der Waals surface area contributed by atoms with Gasteiger partial charge in [0.05, 0.1) is 5.92 Å². The highest BCUT2D eigenvalue weighted by Gasteiger charge is 2.54. The van der Waals surface area contributed by atoms with Crippen LogP contribution in [0.15, 0.2) is 36.5 Å². The molecule has 1 N–H and O–H groups in total. The van der Waals surface area contributed by atoms with E-state index >= 15 is 0 Å². The summed E-state index contributed by atoms with van der Waals surface area (Å²) in [6.07, 6.45) is 2.03. The number of hydrogen-bond donors (Lipinski definition) is 1. The number of nitrogens with zero attached hydrogens (tertiary/aromatic N) is 2. The zero-order valence-corrected chi connectivity index (χ0v) is 19.7. The van der Waals surface area contributed by atoms with Gasteiger partial charge in [0, 0.05) is 19.3 Å². The van der Waals surface area contributed by atoms with Gasteiger partial charge in [-0.2, -0.15) is 8.78 Å². The number of carbonyl (C=O) groups is 3. The lowest BCUT2D eigenvalue weighted by molar-refractivity contribution is -0.141. The third kappa shape index (κ3) is 5.11. The minimum atomic E-state index is -3.09. The van der Waals surface area contributed by atoms with Gasteiger partial charge in [0.25, 0.3) is 0 Å². The molecule has 2 amide bonds. The molecule has 1 saturated heterocycles. The van der Waals surface area contributed by atoms with Crippen molar-refractivity contribution in [2.75, 3.05) is 18.4 Å². The van der Waals surface area contributed by atoms with Gasteiger partial charge in [0.2, 0.25) is 5.91 Å². The lowest BCUT2D eigenvalue weighted by atomic mass is 9.70. The Bertz CT molecular complexity index is 1140. The summed E-state index contributed by atoms with van der Waals surface area (Å²) in [6, 6.07) is 8.73. The van der Waals surface area contributed by atoms with Crippen LogP contribution in [-0.4, -0.2) is 47.6 Å². The van der Waals surface area contributed by atoms with Crippen molar-refractivity contribution in [3.05, 3.63) is 53.2 Å². The molecular formula is C25H27F2N3O5. The number of amides is 2. The number of ether oxygens (including phenoxy) is 2. The van der Waals surface area contributed by atoms with Crippen LogP contribution in [0.2, 0.25) is 0 Å². The number of esters is 1. The van der Waals surface area contributed by atoms with E-state index in [1.165, 1.54) is 17.2 Å². The number of halogens is 2. The number of hydrogen-bond acceptors (Lipinski definition) is 6. The van der Waals surface area contributed by atoms with Gasteiger partial charge in [-0.25, -0.2) is 9.78 Å². The first-order valence-corrected chi connectivity index (χ1v) is 11.4. The van der Waals surface area contributed by atoms with Crippen LogP contribution in [0.5, 0.6) is 5.75 Å². The number of alkyl halides is 2. The van der Waals surface area contributed by atoms with Gasteiger partial charge >= 0.3 is 18.7 Å². The molecule has 10 heteroatoms. The topological polar surface area (TPSA) is 97.8 Å². The zero-order valence-electron chi connectivity index (χ0n) is 19.7. The normalized spacial score (nSPS) is 16.6. The highest BCUT2D eigenvalue weighted by atomic mass is 19.3. The second-order valence-corrected chi connectivity index (χ2v) is 9.33. The van der Waals surface area contributed by atoms with Crippen LogP contribution in [-0.2, 0) is 19.7 Å². The molecule has 0 radical (unpaired) electrons. The molecule has 0 spiro atoms. The predicted octanol–water partition coefficient (Wildman–Crippen LogP) is 4.38. The summed E-state index contributed by atoms with van der Waals surface area (Å²) in [6.45, 7) is 2.45. The second-order valence-electron chi connectivity index (χ2n) is 9.33. The van der Waals surface area contributed by atoms with E-state index in [-0.39, 0.29) is 36.5 Å². The van der Waals surface area contributed by atoms with E-state index < -0.39 is 30.0 Å². The van der Waals surface area contributed by atoms with Gasteiger partial charge in [0.15, 0.2) is 11.6 Å². The number of aromatic nitrogens is 1. The number of benzene rings is 1. The zero-order chi connectivity index (χ0) is 25.3. The van der Waals surface area contributed by atoms with Gasteiger partial charge in [-0.15, -0.1) is 0 Å². The summed E-state index contributed by atoms with van der Waals surface area (Å²) in [4.78, 5) is 43.5. The van der Waals surface area contributed by atoms with Crippen LogP contribution in [0, 0.1) is 12.8 Å². The molecule has 2 aliphatic rings. The Morgan fingerprint density at radius 2 is 1.86 bits per heavy atom. The molecule has 186 valence electrons. The Hall–Kier alpha value is -3.56. The first-order chi connectivity index (χ1) is 16.6. The van der Waals surface area contributed by atoms with Crippen molar-refractivity contribution in [2.45, 2.75) is 51.6 Å². The van der Waals surface area contributed by atoms with Gasteiger partial charge in [-0.3, -0.25) is 9.59 Å². The van der Waals surface area contributed by atoms with E-state index in [1.54, 1.807) is 13.0 Å². The minimum absolute atomic E-state index is 0.0454. The van der Waals surface area contributed by atoms with Crippen LogP contribution in [0.3, 0.4) is 0 Å². The molecule has 0 bridgehead atoms. The minimum Gasteiger partial charge on any atom is -0.431 e. The molecule has 4 rings (SSSR count). The Balaban J connectivity index is 1.63. The van der Waals surface area contributed by atoms with Crippen LogP contribution in [0.25, 0.3) is 0 Å². The largest absolute Gasteiger partial charge is 0.431 e. The summed E-state index contributed by atoms with van der Waals surface area (Å²) in [7, 11) is 0. The fourth-order valence-electron chi connectivity index (χ4n) is 4.21. The van der Waals surface area contributed by atoms with Gasteiger partial charge in [0.1, 0.15) is 5.41 Å². The van der Waals surface area contributed by atoms with Crippen molar-refractivity contribution in [3.63, 3.8) is 0 Å². The van der Waals surface area contributed by atoms with E-state index in [1.807, 2.05) is 32.0 Å². The summed E-state index contributed by atoms with van der Waals surface area (Å²) in [5.41, 5.74) is 0.993. The molecule has 0 unspecified atom stereocenters.